The number of hydrogen-bond donors (Lipinski definition) is 2. The molecule has 27 heavy (non-hydrogen) atoms. The van der Waals surface area contributed by atoms with Crippen molar-refractivity contribution in [3.05, 3.63) is 0 Å². The van der Waals surface area contributed by atoms with Crippen molar-refractivity contribution in [2.75, 3.05) is 0 Å². The zero-order valence-electron chi connectivity index (χ0n) is 17.7. The molecule has 158 valence electrons. The number of hydrogen-bond acceptors (Lipinski definition) is 2. The van der Waals surface area contributed by atoms with Gasteiger partial charge in [0, 0.05) is 0 Å². The van der Waals surface area contributed by atoms with Crippen molar-refractivity contribution < 1.29 is 19.8 Å². The molecule has 0 amide bonds. The fraction of sp³-hybridized carbons (Fsp3) is 0.913. The smallest absolute Gasteiger partial charge is 0.310 e. The van der Waals surface area contributed by atoms with Crippen LogP contribution in [0.4, 0.5) is 0 Å². The molecule has 4 heteroatoms. The highest BCUT2D eigenvalue weighted by Crippen LogP contribution is 2.56. The molecule has 2 atom stereocenters. The fourth-order valence-electron chi connectivity index (χ4n) is 5.24. The minimum Gasteiger partial charge on any atom is -0.481 e. The molecule has 0 aromatic carbocycles. The minimum absolute atomic E-state index is 0.479. The zero-order valence-corrected chi connectivity index (χ0v) is 17.7. The lowest BCUT2D eigenvalue weighted by atomic mass is 9.52. The third kappa shape index (κ3) is 6.22. The maximum absolute atomic E-state index is 12.3. The Morgan fingerprint density at radius 2 is 1.04 bits per heavy atom. The van der Waals surface area contributed by atoms with E-state index in [1.807, 2.05) is 6.92 Å². The molecular weight excluding hydrogens is 340 g/mol. The van der Waals surface area contributed by atoms with E-state index in [-0.39, 0.29) is 0 Å². The molecule has 1 rings (SSSR count). The molecule has 0 saturated heterocycles. The second kappa shape index (κ2) is 12.4. The van der Waals surface area contributed by atoms with E-state index >= 15 is 0 Å². The Kier molecular flexibility index (Phi) is 11.0. The van der Waals surface area contributed by atoms with E-state index in [1.165, 1.54) is 44.9 Å². The zero-order chi connectivity index (χ0) is 20.2. The van der Waals surface area contributed by atoms with Crippen molar-refractivity contribution in [1.29, 1.82) is 0 Å². The highest BCUT2D eigenvalue weighted by molar-refractivity contribution is 5.87. The molecule has 0 radical (unpaired) electrons. The van der Waals surface area contributed by atoms with Gasteiger partial charge >= 0.3 is 11.9 Å². The van der Waals surface area contributed by atoms with Crippen LogP contribution in [0.5, 0.6) is 0 Å². The van der Waals surface area contributed by atoms with E-state index in [9.17, 15) is 19.8 Å². The van der Waals surface area contributed by atoms with Crippen molar-refractivity contribution >= 4 is 11.9 Å². The average Bonchev–Trinajstić information content (AvgIpc) is 2.64. The van der Waals surface area contributed by atoms with Crippen LogP contribution in [0.15, 0.2) is 0 Å². The molecular formula is C23H42O4. The lowest BCUT2D eigenvalue weighted by molar-refractivity contribution is -0.182. The first kappa shape index (κ1) is 24.0. The molecule has 0 heterocycles. The number of unbranched alkanes of at least 4 members (excludes halogenated alkanes) is 9. The first-order valence-electron chi connectivity index (χ1n) is 11.4. The number of carboxylic acids is 2. The minimum atomic E-state index is -1.08. The van der Waals surface area contributed by atoms with Crippen molar-refractivity contribution in [2.24, 2.45) is 10.8 Å². The Labute approximate surface area is 166 Å². The molecule has 0 aliphatic heterocycles. The van der Waals surface area contributed by atoms with E-state index in [2.05, 4.69) is 6.92 Å². The van der Waals surface area contributed by atoms with Gasteiger partial charge in [-0.2, -0.15) is 0 Å². The number of carbonyl (C=O) groups is 2. The molecule has 2 N–H and O–H groups in total. The predicted octanol–water partition coefficient (Wildman–Crippen LogP) is 6.81. The monoisotopic (exact) mass is 382 g/mol. The van der Waals surface area contributed by atoms with E-state index in [1.54, 1.807) is 0 Å². The van der Waals surface area contributed by atoms with Gasteiger partial charge in [0.25, 0.3) is 0 Å². The average molecular weight is 383 g/mol. The van der Waals surface area contributed by atoms with Gasteiger partial charge in [0.15, 0.2) is 0 Å². The highest BCUT2D eigenvalue weighted by Gasteiger charge is 2.60. The summed E-state index contributed by atoms with van der Waals surface area (Å²) in [5.41, 5.74) is -2.15. The SMILES string of the molecule is CCCCCCCCCCCCC1(C(=O)O)CCCCC1(CCC)C(=O)O. The molecule has 0 bridgehead atoms. The molecule has 4 nitrogen and oxygen atoms in total. The molecule has 0 aromatic heterocycles. The van der Waals surface area contributed by atoms with Crippen LogP contribution in [0, 0.1) is 10.8 Å². The third-order valence-corrected chi connectivity index (χ3v) is 6.83. The molecule has 1 aliphatic rings. The largest absolute Gasteiger partial charge is 0.481 e. The molecule has 1 saturated carbocycles. The lowest BCUT2D eigenvalue weighted by Crippen LogP contribution is -2.54. The van der Waals surface area contributed by atoms with Crippen molar-refractivity contribution in [2.45, 2.75) is 123 Å². The van der Waals surface area contributed by atoms with Crippen LogP contribution >= 0.6 is 0 Å². The summed E-state index contributed by atoms with van der Waals surface area (Å²) in [4.78, 5) is 24.5. The van der Waals surface area contributed by atoms with Crippen LogP contribution in [0.2, 0.25) is 0 Å². The highest BCUT2D eigenvalue weighted by atomic mass is 16.4. The van der Waals surface area contributed by atoms with Gasteiger partial charge in [0.2, 0.25) is 0 Å². The normalized spacial score (nSPS) is 25.4. The number of rotatable bonds is 15. The summed E-state index contributed by atoms with van der Waals surface area (Å²) in [7, 11) is 0. The van der Waals surface area contributed by atoms with E-state index in [4.69, 9.17) is 0 Å². The van der Waals surface area contributed by atoms with Gasteiger partial charge in [-0.3, -0.25) is 9.59 Å². The summed E-state index contributed by atoms with van der Waals surface area (Å²) in [6.45, 7) is 4.20. The van der Waals surface area contributed by atoms with Crippen LogP contribution in [-0.2, 0) is 9.59 Å². The molecule has 1 fully saturated rings. The Morgan fingerprint density at radius 1 is 0.630 bits per heavy atom. The Bertz CT molecular complexity index is 444. The van der Waals surface area contributed by atoms with Crippen LogP contribution in [-0.4, -0.2) is 22.2 Å². The third-order valence-electron chi connectivity index (χ3n) is 6.83. The summed E-state index contributed by atoms with van der Waals surface area (Å²) >= 11 is 0. The van der Waals surface area contributed by atoms with Gasteiger partial charge in [-0.15, -0.1) is 0 Å². The summed E-state index contributed by atoms with van der Waals surface area (Å²) in [6, 6.07) is 0. The van der Waals surface area contributed by atoms with Crippen LogP contribution in [0.3, 0.4) is 0 Å². The van der Waals surface area contributed by atoms with Crippen molar-refractivity contribution in [3.8, 4) is 0 Å². The summed E-state index contributed by atoms with van der Waals surface area (Å²) in [5, 5.41) is 20.1. The maximum Gasteiger partial charge on any atom is 0.310 e. The van der Waals surface area contributed by atoms with Crippen LogP contribution in [0.25, 0.3) is 0 Å². The van der Waals surface area contributed by atoms with Gasteiger partial charge in [-0.1, -0.05) is 97.3 Å². The first-order valence-corrected chi connectivity index (χ1v) is 11.4. The predicted molar refractivity (Wildman–Crippen MR) is 110 cm³/mol. The Hall–Kier alpha value is -1.06. The Balaban J connectivity index is 2.54. The van der Waals surface area contributed by atoms with Crippen LogP contribution < -0.4 is 0 Å². The molecule has 2 unspecified atom stereocenters. The van der Waals surface area contributed by atoms with Gasteiger partial charge in [0.1, 0.15) is 0 Å². The first-order chi connectivity index (χ1) is 13.0. The number of carboxylic acid groups (broad SMARTS) is 2. The molecule has 1 aliphatic carbocycles. The summed E-state index contributed by atoms with van der Waals surface area (Å²) in [5.74, 6) is -1.77. The quantitative estimate of drug-likeness (QED) is 0.305. The second-order valence-corrected chi connectivity index (χ2v) is 8.66. The Morgan fingerprint density at radius 3 is 1.44 bits per heavy atom. The number of aliphatic carboxylic acids is 2. The van der Waals surface area contributed by atoms with E-state index in [0.717, 1.165) is 38.5 Å². The van der Waals surface area contributed by atoms with Gasteiger partial charge in [0.05, 0.1) is 10.8 Å². The van der Waals surface area contributed by atoms with Crippen molar-refractivity contribution in [3.63, 3.8) is 0 Å². The van der Waals surface area contributed by atoms with Gasteiger partial charge < -0.3 is 10.2 Å². The van der Waals surface area contributed by atoms with E-state index in [0.29, 0.717) is 25.7 Å². The van der Waals surface area contributed by atoms with Gasteiger partial charge in [-0.05, 0) is 25.7 Å². The molecule has 0 aromatic rings. The lowest BCUT2D eigenvalue weighted by Gasteiger charge is -2.48. The van der Waals surface area contributed by atoms with E-state index < -0.39 is 22.8 Å². The fourth-order valence-corrected chi connectivity index (χ4v) is 5.24. The summed E-state index contributed by atoms with van der Waals surface area (Å²) in [6.07, 6.45) is 16.5. The van der Waals surface area contributed by atoms with Crippen molar-refractivity contribution in [1.82, 2.24) is 0 Å². The second-order valence-electron chi connectivity index (χ2n) is 8.66. The molecule has 0 spiro atoms. The standard InChI is InChI=1S/C23H42O4/c1-3-5-6-7-8-9-10-11-12-13-17-23(21(26)27)19-15-14-18-22(23,16-4-2)20(24)25/h3-19H2,1-2H3,(H,24,25)(H,26,27). The summed E-state index contributed by atoms with van der Waals surface area (Å²) < 4.78 is 0. The topological polar surface area (TPSA) is 74.6 Å². The maximum atomic E-state index is 12.3. The van der Waals surface area contributed by atoms with Gasteiger partial charge in [-0.25, -0.2) is 0 Å². The van der Waals surface area contributed by atoms with Crippen LogP contribution in [0.1, 0.15) is 123 Å².